The zero-order valence-electron chi connectivity index (χ0n) is 11.5. The molecule has 0 saturated heterocycles. The van der Waals surface area contributed by atoms with Crippen LogP contribution in [0.5, 0.6) is 5.75 Å². The quantitative estimate of drug-likeness (QED) is 0.850. The zero-order chi connectivity index (χ0) is 13.9. The second-order valence-corrected chi connectivity index (χ2v) is 5.37. The van der Waals surface area contributed by atoms with E-state index in [1.807, 2.05) is 32.0 Å². The molecule has 4 heteroatoms. The minimum absolute atomic E-state index is 0.00236. The van der Waals surface area contributed by atoms with Gasteiger partial charge < -0.3 is 15.2 Å². The molecular formula is C15H21NO3. The molecule has 0 bridgehead atoms. The lowest BCUT2D eigenvalue weighted by atomic mass is 9.77. The Balaban J connectivity index is 1.84. The number of carbonyl (C=O) groups is 1. The Morgan fingerprint density at radius 3 is 2.63 bits per heavy atom. The van der Waals surface area contributed by atoms with Gasteiger partial charge in [0.15, 0.2) is 6.61 Å². The van der Waals surface area contributed by atoms with Crippen LogP contribution in [0.15, 0.2) is 18.2 Å². The first-order valence-corrected chi connectivity index (χ1v) is 6.67. The van der Waals surface area contributed by atoms with Crippen molar-refractivity contribution < 1.29 is 14.6 Å². The highest BCUT2D eigenvalue weighted by molar-refractivity contribution is 5.78. The Bertz CT molecular complexity index is 461. The molecule has 2 rings (SSSR count). The molecule has 104 valence electrons. The van der Waals surface area contributed by atoms with Gasteiger partial charge in [0.25, 0.3) is 5.91 Å². The van der Waals surface area contributed by atoms with E-state index in [1.54, 1.807) is 0 Å². The molecule has 1 aliphatic carbocycles. The lowest BCUT2D eigenvalue weighted by Gasteiger charge is -2.40. The van der Waals surface area contributed by atoms with E-state index in [2.05, 4.69) is 5.32 Å². The molecule has 1 aromatic rings. The predicted molar refractivity (Wildman–Crippen MR) is 73.2 cm³/mol. The summed E-state index contributed by atoms with van der Waals surface area (Å²) in [6, 6.07) is 5.76. The van der Waals surface area contributed by atoms with Gasteiger partial charge in [-0.25, -0.2) is 0 Å². The number of hydrogen-bond donors (Lipinski definition) is 2. The average molecular weight is 263 g/mol. The Morgan fingerprint density at radius 2 is 2.11 bits per heavy atom. The molecule has 1 aliphatic rings. The van der Waals surface area contributed by atoms with E-state index in [-0.39, 0.29) is 19.1 Å². The summed E-state index contributed by atoms with van der Waals surface area (Å²) < 4.78 is 5.47. The van der Waals surface area contributed by atoms with E-state index < -0.39 is 5.54 Å². The Hall–Kier alpha value is -1.55. The van der Waals surface area contributed by atoms with Gasteiger partial charge in [-0.2, -0.15) is 0 Å². The van der Waals surface area contributed by atoms with Crippen molar-refractivity contribution in [3.8, 4) is 5.75 Å². The van der Waals surface area contributed by atoms with Crippen molar-refractivity contribution >= 4 is 5.91 Å². The second-order valence-electron chi connectivity index (χ2n) is 5.37. The smallest absolute Gasteiger partial charge is 0.258 e. The molecule has 1 fully saturated rings. The van der Waals surface area contributed by atoms with Crippen LogP contribution < -0.4 is 10.1 Å². The van der Waals surface area contributed by atoms with Crippen molar-refractivity contribution in [2.45, 2.75) is 38.6 Å². The zero-order valence-corrected chi connectivity index (χ0v) is 11.5. The van der Waals surface area contributed by atoms with Gasteiger partial charge in [0.1, 0.15) is 5.75 Å². The predicted octanol–water partition coefficient (Wildman–Crippen LogP) is 1.71. The lowest BCUT2D eigenvalue weighted by Crippen LogP contribution is -2.57. The van der Waals surface area contributed by atoms with Crippen LogP contribution in [-0.2, 0) is 4.79 Å². The van der Waals surface area contributed by atoms with Crippen molar-refractivity contribution in [3.63, 3.8) is 0 Å². The molecule has 1 amide bonds. The topological polar surface area (TPSA) is 58.6 Å². The number of rotatable bonds is 5. The van der Waals surface area contributed by atoms with Gasteiger partial charge in [0.05, 0.1) is 12.1 Å². The SMILES string of the molecule is Cc1ccc(OCC(=O)NC2(CO)CCC2)cc1C. The summed E-state index contributed by atoms with van der Waals surface area (Å²) >= 11 is 0. The summed E-state index contributed by atoms with van der Waals surface area (Å²) in [6.07, 6.45) is 2.75. The fourth-order valence-corrected chi connectivity index (χ4v) is 2.21. The van der Waals surface area contributed by atoms with Gasteiger partial charge in [-0.15, -0.1) is 0 Å². The van der Waals surface area contributed by atoms with E-state index in [1.165, 1.54) is 5.56 Å². The summed E-state index contributed by atoms with van der Waals surface area (Å²) in [5, 5.41) is 12.1. The van der Waals surface area contributed by atoms with Crippen molar-refractivity contribution in [1.29, 1.82) is 0 Å². The monoisotopic (exact) mass is 263 g/mol. The molecule has 0 atom stereocenters. The van der Waals surface area contributed by atoms with Crippen molar-refractivity contribution in [1.82, 2.24) is 5.32 Å². The fraction of sp³-hybridized carbons (Fsp3) is 0.533. The maximum atomic E-state index is 11.8. The molecule has 4 nitrogen and oxygen atoms in total. The molecular weight excluding hydrogens is 242 g/mol. The number of aliphatic hydroxyl groups excluding tert-OH is 1. The van der Waals surface area contributed by atoms with Crippen LogP contribution in [0, 0.1) is 13.8 Å². The first kappa shape index (κ1) is 13.9. The van der Waals surface area contributed by atoms with Gasteiger partial charge >= 0.3 is 0 Å². The molecule has 0 spiro atoms. The van der Waals surface area contributed by atoms with E-state index >= 15 is 0 Å². The number of aliphatic hydroxyl groups is 1. The Labute approximate surface area is 113 Å². The number of hydrogen-bond acceptors (Lipinski definition) is 3. The van der Waals surface area contributed by atoms with E-state index in [4.69, 9.17) is 4.74 Å². The van der Waals surface area contributed by atoms with Gasteiger partial charge in [-0.3, -0.25) is 4.79 Å². The minimum atomic E-state index is -0.399. The minimum Gasteiger partial charge on any atom is -0.484 e. The van der Waals surface area contributed by atoms with Crippen molar-refractivity contribution in [2.75, 3.05) is 13.2 Å². The highest BCUT2D eigenvalue weighted by Crippen LogP contribution is 2.31. The molecule has 0 aliphatic heterocycles. The summed E-state index contributed by atoms with van der Waals surface area (Å²) in [5.74, 6) is 0.525. The van der Waals surface area contributed by atoms with Gasteiger partial charge in [0, 0.05) is 0 Å². The van der Waals surface area contributed by atoms with Crippen LogP contribution in [0.2, 0.25) is 0 Å². The van der Waals surface area contributed by atoms with Crippen LogP contribution in [0.3, 0.4) is 0 Å². The number of carbonyl (C=O) groups excluding carboxylic acids is 1. The van der Waals surface area contributed by atoms with Crippen LogP contribution in [0.4, 0.5) is 0 Å². The highest BCUT2D eigenvalue weighted by Gasteiger charge is 2.37. The normalized spacial score (nSPS) is 16.6. The van der Waals surface area contributed by atoms with Crippen LogP contribution in [0.25, 0.3) is 0 Å². The average Bonchev–Trinajstić information content (AvgIpc) is 2.35. The summed E-state index contributed by atoms with van der Waals surface area (Å²) in [5.41, 5.74) is 1.94. The second kappa shape index (κ2) is 5.61. The summed E-state index contributed by atoms with van der Waals surface area (Å²) in [7, 11) is 0. The maximum Gasteiger partial charge on any atom is 0.258 e. The van der Waals surface area contributed by atoms with Gasteiger partial charge in [-0.05, 0) is 56.4 Å². The Kier molecular flexibility index (Phi) is 4.10. The number of amides is 1. The van der Waals surface area contributed by atoms with E-state index in [0.717, 1.165) is 24.8 Å². The van der Waals surface area contributed by atoms with E-state index in [0.29, 0.717) is 5.75 Å². The maximum absolute atomic E-state index is 11.8. The molecule has 19 heavy (non-hydrogen) atoms. The van der Waals surface area contributed by atoms with Gasteiger partial charge in [-0.1, -0.05) is 6.07 Å². The molecule has 0 aromatic heterocycles. The number of aryl methyl sites for hydroxylation is 2. The van der Waals surface area contributed by atoms with E-state index in [9.17, 15) is 9.90 Å². The van der Waals surface area contributed by atoms with Crippen molar-refractivity contribution in [3.05, 3.63) is 29.3 Å². The third kappa shape index (κ3) is 3.26. The van der Waals surface area contributed by atoms with Crippen molar-refractivity contribution in [2.24, 2.45) is 0 Å². The largest absolute Gasteiger partial charge is 0.484 e. The molecule has 2 N–H and O–H groups in total. The van der Waals surface area contributed by atoms with Crippen LogP contribution >= 0.6 is 0 Å². The molecule has 1 aromatic carbocycles. The number of benzene rings is 1. The third-order valence-electron chi connectivity index (χ3n) is 3.87. The summed E-state index contributed by atoms with van der Waals surface area (Å²) in [6.45, 7) is 4.04. The van der Waals surface area contributed by atoms with Crippen LogP contribution in [-0.4, -0.2) is 29.8 Å². The first-order valence-electron chi connectivity index (χ1n) is 6.67. The molecule has 0 radical (unpaired) electrons. The van der Waals surface area contributed by atoms with Gasteiger partial charge in [0.2, 0.25) is 0 Å². The number of ether oxygens (including phenoxy) is 1. The summed E-state index contributed by atoms with van der Waals surface area (Å²) in [4.78, 5) is 11.8. The molecule has 0 unspecified atom stereocenters. The fourth-order valence-electron chi connectivity index (χ4n) is 2.21. The first-order chi connectivity index (χ1) is 9.04. The molecule has 1 saturated carbocycles. The standard InChI is InChI=1S/C15H21NO3/c1-11-4-5-13(8-12(11)2)19-9-14(18)16-15(10-17)6-3-7-15/h4-5,8,17H,3,6-7,9-10H2,1-2H3,(H,16,18). The highest BCUT2D eigenvalue weighted by atomic mass is 16.5. The van der Waals surface area contributed by atoms with Crippen LogP contribution in [0.1, 0.15) is 30.4 Å². The molecule has 0 heterocycles. The third-order valence-corrected chi connectivity index (χ3v) is 3.87. The number of nitrogens with one attached hydrogen (secondary N) is 1. The lowest BCUT2D eigenvalue weighted by molar-refractivity contribution is -0.127. The Morgan fingerprint density at radius 1 is 1.37 bits per heavy atom.